The number of hydrogen-bond donors (Lipinski definition) is 1. The van der Waals surface area contributed by atoms with E-state index in [1.807, 2.05) is 20.8 Å². The van der Waals surface area contributed by atoms with E-state index in [1.54, 1.807) is 16.4 Å². The lowest BCUT2D eigenvalue weighted by Crippen LogP contribution is -2.37. The van der Waals surface area contributed by atoms with E-state index in [0.717, 1.165) is 0 Å². The van der Waals surface area contributed by atoms with Gasteiger partial charge in [-0.1, -0.05) is 0 Å². The van der Waals surface area contributed by atoms with Crippen molar-refractivity contribution in [3.8, 4) is 0 Å². The van der Waals surface area contributed by atoms with Gasteiger partial charge in [-0.05, 0) is 27.7 Å². The van der Waals surface area contributed by atoms with Crippen LogP contribution in [0.1, 0.15) is 54.7 Å². The van der Waals surface area contributed by atoms with Crippen molar-refractivity contribution in [2.45, 2.75) is 39.3 Å². The van der Waals surface area contributed by atoms with Gasteiger partial charge < -0.3 is 24.3 Å². The molecule has 1 fully saturated rings. The average Bonchev–Trinajstić information content (AvgIpc) is 3.12. The minimum absolute atomic E-state index is 0.000665. The number of carbonyl (C=O) groups is 3. The van der Waals surface area contributed by atoms with Crippen molar-refractivity contribution in [3.05, 3.63) is 17.7 Å². The van der Waals surface area contributed by atoms with E-state index in [0.29, 0.717) is 19.6 Å². The van der Waals surface area contributed by atoms with Crippen LogP contribution in [-0.4, -0.2) is 64.3 Å². The molecule has 0 saturated carbocycles. The molecule has 0 radical (unpaired) electrons. The second-order valence-corrected chi connectivity index (χ2v) is 7.49. The fourth-order valence-electron chi connectivity index (χ4n) is 3.34. The molecule has 2 aliphatic rings. The first-order valence-electron chi connectivity index (χ1n) is 8.71. The van der Waals surface area contributed by atoms with Crippen LogP contribution >= 0.6 is 0 Å². The van der Waals surface area contributed by atoms with Crippen LogP contribution in [0.5, 0.6) is 0 Å². The predicted octanol–water partition coefficient (Wildman–Crippen LogP) is 1.21. The van der Waals surface area contributed by atoms with Gasteiger partial charge >= 0.3 is 12.1 Å². The molecule has 2 atom stereocenters. The van der Waals surface area contributed by atoms with E-state index in [2.05, 4.69) is 10.3 Å². The van der Waals surface area contributed by atoms with Crippen molar-refractivity contribution in [3.63, 3.8) is 0 Å². The fourth-order valence-corrected chi connectivity index (χ4v) is 3.34. The molecule has 142 valence electrons. The number of fused-ring (bicyclic) bond motifs is 3. The van der Waals surface area contributed by atoms with Gasteiger partial charge in [0.05, 0.1) is 19.0 Å². The van der Waals surface area contributed by atoms with Crippen molar-refractivity contribution in [2.75, 3.05) is 26.2 Å². The number of likely N-dealkylation sites (tertiary alicyclic amines) is 1. The lowest BCUT2D eigenvalue weighted by Gasteiger charge is -2.24. The highest BCUT2D eigenvalue weighted by atomic mass is 16.6. The molecule has 9 heteroatoms. The maximum Gasteiger partial charge on any atom is 0.410 e. The summed E-state index contributed by atoms with van der Waals surface area (Å²) >= 11 is 0. The first-order chi connectivity index (χ1) is 12.2. The molecular weight excluding hydrogens is 340 g/mol. The third kappa shape index (κ3) is 3.38. The predicted molar refractivity (Wildman–Crippen MR) is 90.9 cm³/mol. The summed E-state index contributed by atoms with van der Waals surface area (Å²) in [6.45, 7) is 8.61. The van der Waals surface area contributed by atoms with Gasteiger partial charge in [0.1, 0.15) is 11.3 Å². The number of nitrogens with zero attached hydrogens (tertiary/aromatic N) is 3. The molecule has 0 aromatic carbocycles. The number of ether oxygens (including phenoxy) is 2. The second-order valence-electron chi connectivity index (χ2n) is 7.49. The Morgan fingerprint density at radius 2 is 2.08 bits per heavy atom. The normalized spacial score (nSPS) is 22.2. The zero-order chi connectivity index (χ0) is 19.1. The SMILES string of the molecule is CCOC(=O)c1ncn2c1C(=O)NCC1CN(C(=O)OC(C)(C)C)CC12. The summed E-state index contributed by atoms with van der Waals surface area (Å²) in [5.74, 6) is -0.974. The first kappa shape index (κ1) is 18.2. The van der Waals surface area contributed by atoms with E-state index in [-0.39, 0.29) is 42.0 Å². The minimum Gasteiger partial charge on any atom is -0.461 e. The van der Waals surface area contributed by atoms with Gasteiger partial charge in [0, 0.05) is 25.6 Å². The maximum absolute atomic E-state index is 12.4. The Morgan fingerprint density at radius 3 is 2.73 bits per heavy atom. The third-order valence-corrected chi connectivity index (χ3v) is 4.42. The van der Waals surface area contributed by atoms with Gasteiger partial charge in [0.15, 0.2) is 5.69 Å². The Labute approximate surface area is 151 Å². The van der Waals surface area contributed by atoms with E-state index < -0.39 is 11.6 Å². The Balaban J connectivity index is 1.87. The summed E-state index contributed by atoms with van der Waals surface area (Å²) in [4.78, 5) is 42.6. The quantitative estimate of drug-likeness (QED) is 0.792. The van der Waals surface area contributed by atoms with Gasteiger partial charge in [-0.25, -0.2) is 14.6 Å². The van der Waals surface area contributed by atoms with Crippen molar-refractivity contribution >= 4 is 18.0 Å². The van der Waals surface area contributed by atoms with Crippen molar-refractivity contribution in [2.24, 2.45) is 5.92 Å². The topological polar surface area (TPSA) is 103 Å². The van der Waals surface area contributed by atoms with Crippen molar-refractivity contribution < 1.29 is 23.9 Å². The van der Waals surface area contributed by atoms with Crippen LogP contribution in [0.15, 0.2) is 6.33 Å². The van der Waals surface area contributed by atoms with E-state index in [4.69, 9.17) is 9.47 Å². The molecule has 0 spiro atoms. The molecule has 2 amide bonds. The number of amides is 2. The Bertz CT molecular complexity index is 736. The van der Waals surface area contributed by atoms with Crippen molar-refractivity contribution in [1.29, 1.82) is 0 Å². The highest BCUT2D eigenvalue weighted by Crippen LogP contribution is 2.32. The Hall–Kier alpha value is -2.58. The molecule has 2 aliphatic heterocycles. The van der Waals surface area contributed by atoms with Gasteiger partial charge in [0.2, 0.25) is 0 Å². The van der Waals surface area contributed by atoms with Crippen LogP contribution in [0, 0.1) is 5.92 Å². The average molecular weight is 364 g/mol. The third-order valence-electron chi connectivity index (χ3n) is 4.42. The monoisotopic (exact) mass is 364 g/mol. The standard InChI is InChI=1S/C17H24N4O5/c1-5-25-15(23)12-13-14(22)18-6-10-7-20(16(24)26-17(2,3)4)8-11(10)21(13)9-19-12/h9-11H,5-8H2,1-4H3,(H,18,22). The van der Waals surface area contributed by atoms with Gasteiger partial charge in [-0.3, -0.25) is 4.79 Å². The number of hydrogen-bond acceptors (Lipinski definition) is 6. The summed E-state index contributed by atoms with van der Waals surface area (Å²) in [6, 6.07) is -0.160. The lowest BCUT2D eigenvalue weighted by atomic mass is 10.0. The zero-order valence-corrected chi connectivity index (χ0v) is 15.4. The van der Waals surface area contributed by atoms with Crippen molar-refractivity contribution in [1.82, 2.24) is 19.8 Å². The minimum atomic E-state index is -0.628. The molecule has 26 heavy (non-hydrogen) atoms. The molecule has 1 aromatic rings. The fraction of sp³-hybridized carbons (Fsp3) is 0.647. The van der Waals surface area contributed by atoms with Crippen LogP contribution < -0.4 is 5.32 Å². The van der Waals surface area contributed by atoms with Crippen LogP contribution in [0.25, 0.3) is 0 Å². The number of rotatable bonds is 2. The van der Waals surface area contributed by atoms with Gasteiger partial charge in [-0.2, -0.15) is 0 Å². The molecule has 2 unspecified atom stereocenters. The molecule has 9 nitrogen and oxygen atoms in total. The van der Waals surface area contributed by atoms with E-state index in [1.165, 1.54) is 6.33 Å². The summed E-state index contributed by atoms with van der Waals surface area (Å²) in [5, 5.41) is 2.82. The molecule has 0 bridgehead atoms. The number of aromatic nitrogens is 2. The number of nitrogens with one attached hydrogen (secondary N) is 1. The summed E-state index contributed by atoms with van der Waals surface area (Å²) in [5.41, 5.74) is -0.393. The highest BCUT2D eigenvalue weighted by molar-refractivity contribution is 6.03. The van der Waals surface area contributed by atoms with Gasteiger partial charge in [-0.15, -0.1) is 0 Å². The summed E-state index contributed by atoms with van der Waals surface area (Å²) in [6.07, 6.45) is 1.09. The second kappa shape index (κ2) is 6.62. The molecular formula is C17H24N4O5. The molecule has 1 N–H and O–H groups in total. The summed E-state index contributed by atoms with van der Waals surface area (Å²) in [7, 11) is 0. The maximum atomic E-state index is 12.4. The number of imidazole rings is 1. The lowest BCUT2D eigenvalue weighted by molar-refractivity contribution is 0.0283. The number of carbonyl (C=O) groups excluding carboxylic acids is 3. The van der Waals surface area contributed by atoms with Gasteiger partial charge in [0.25, 0.3) is 5.91 Å². The summed E-state index contributed by atoms with van der Waals surface area (Å²) < 4.78 is 12.1. The molecule has 1 saturated heterocycles. The van der Waals surface area contributed by atoms with Crippen LogP contribution in [0.3, 0.4) is 0 Å². The molecule has 3 heterocycles. The number of esters is 1. The molecule has 3 rings (SSSR count). The smallest absolute Gasteiger partial charge is 0.410 e. The largest absolute Gasteiger partial charge is 0.461 e. The van der Waals surface area contributed by atoms with Crippen LogP contribution in [0.2, 0.25) is 0 Å². The first-order valence-corrected chi connectivity index (χ1v) is 8.71. The van der Waals surface area contributed by atoms with E-state index in [9.17, 15) is 14.4 Å². The Kier molecular flexibility index (Phi) is 4.64. The van der Waals surface area contributed by atoms with Crippen LogP contribution in [-0.2, 0) is 9.47 Å². The highest BCUT2D eigenvalue weighted by Gasteiger charge is 2.42. The Morgan fingerprint density at radius 1 is 1.35 bits per heavy atom. The van der Waals surface area contributed by atoms with E-state index >= 15 is 0 Å². The molecule has 1 aromatic heterocycles. The zero-order valence-electron chi connectivity index (χ0n) is 15.4. The van der Waals surface area contributed by atoms with Crippen LogP contribution in [0.4, 0.5) is 4.79 Å². The molecule has 0 aliphatic carbocycles.